The van der Waals surface area contributed by atoms with Crippen LogP contribution in [-0.2, 0) is 0 Å². The van der Waals surface area contributed by atoms with Crippen molar-refractivity contribution in [2.24, 2.45) is 0 Å². The maximum atomic E-state index is 4.79. The number of fused-ring (bicyclic) bond motifs is 1. The molecule has 2 fully saturated rings. The predicted molar refractivity (Wildman–Crippen MR) is 77.1 cm³/mol. The Morgan fingerprint density at radius 1 is 1.05 bits per heavy atom. The van der Waals surface area contributed by atoms with Crippen LogP contribution in [-0.4, -0.2) is 46.0 Å². The first-order chi connectivity index (χ1) is 9.92. The zero-order chi connectivity index (χ0) is 13.4. The molecule has 1 aliphatic heterocycles. The van der Waals surface area contributed by atoms with E-state index in [1.165, 1.54) is 19.3 Å². The molecule has 0 spiro atoms. The van der Waals surface area contributed by atoms with E-state index in [0.29, 0.717) is 5.92 Å². The average molecular weight is 272 g/mol. The highest BCUT2D eigenvalue weighted by atomic mass is 15.4. The number of rotatable bonds is 2. The molecule has 1 N–H and O–H groups in total. The molecule has 3 heterocycles. The van der Waals surface area contributed by atoms with Gasteiger partial charge in [-0.2, -0.15) is 4.52 Å². The Balaban J connectivity index is 1.69. The maximum absolute atomic E-state index is 4.79. The van der Waals surface area contributed by atoms with Crippen LogP contribution in [0.2, 0.25) is 0 Å². The molecule has 0 amide bonds. The lowest BCUT2D eigenvalue weighted by atomic mass is 9.85. The van der Waals surface area contributed by atoms with Crippen molar-refractivity contribution in [3.8, 4) is 0 Å². The Hall–Kier alpha value is -1.69. The molecule has 0 radical (unpaired) electrons. The van der Waals surface area contributed by atoms with Crippen molar-refractivity contribution in [1.82, 2.24) is 25.1 Å². The normalized spacial score (nSPS) is 20.9. The van der Waals surface area contributed by atoms with E-state index in [4.69, 9.17) is 5.10 Å². The summed E-state index contributed by atoms with van der Waals surface area (Å²) in [4.78, 5) is 2.35. The van der Waals surface area contributed by atoms with Gasteiger partial charge < -0.3 is 10.2 Å². The third kappa shape index (κ3) is 2.04. The van der Waals surface area contributed by atoms with Crippen molar-refractivity contribution in [1.29, 1.82) is 0 Å². The van der Waals surface area contributed by atoms with Crippen LogP contribution in [0.5, 0.6) is 0 Å². The van der Waals surface area contributed by atoms with E-state index in [-0.39, 0.29) is 0 Å². The summed E-state index contributed by atoms with van der Waals surface area (Å²) >= 11 is 0. The molecule has 1 saturated heterocycles. The molecule has 0 unspecified atom stereocenters. The lowest BCUT2D eigenvalue weighted by Crippen LogP contribution is -2.29. The van der Waals surface area contributed by atoms with Gasteiger partial charge in [0.25, 0.3) is 0 Å². The third-order valence-corrected chi connectivity index (χ3v) is 4.41. The summed E-state index contributed by atoms with van der Waals surface area (Å²) in [7, 11) is 0. The number of nitrogens with zero attached hydrogens (tertiary/aromatic N) is 5. The van der Waals surface area contributed by atoms with Crippen molar-refractivity contribution >= 4 is 11.5 Å². The molecule has 1 aliphatic carbocycles. The summed E-state index contributed by atoms with van der Waals surface area (Å²) in [6, 6.07) is 4.11. The average Bonchev–Trinajstić information content (AvgIpc) is 2.65. The standard InChI is InChI=1S/C14H20N6/c1-3-11(4-1)14-17-16-12-5-6-13(18-20(12)14)19-9-2-7-15-8-10-19/h5-6,11,15H,1-4,7-10H2. The maximum Gasteiger partial charge on any atom is 0.178 e. The molecule has 2 aromatic rings. The Kier molecular flexibility index (Phi) is 3.03. The number of aromatic nitrogens is 4. The smallest absolute Gasteiger partial charge is 0.178 e. The SMILES string of the molecule is c1cc2nnc(C3CCC3)n2nc1N1CCCNCC1. The zero-order valence-corrected chi connectivity index (χ0v) is 11.6. The minimum Gasteiger partial charge on any atom is -0.354 e. The van der Waals surface area contributed by atoms with E-state index < -0.39 is 0 Å². The second-order valence-corrected chi connectivity index (χ2v) is 5.74. The lowest BCUT2D eigenvalue weighted by molar-refractivity contribution is 0.395. The lowest BCUT2D eigenvalue weighted by Gasteiger charge is -2.24. The fourth-order valence-electron chi connectivity index (χ4n) is 2.96. The zero-order valence-electron chi connectivity index (χ0n) is 11.6. The Labute approximate surface area is 118 Å². The predicted octanol–water partition coefficient (Wildman–Crippen LogP) is 1.19. The minimum atomic E-state index is 0.554. The van der Waals surface area contributed by atoms with Crippen LogP contribution in [0.4, 0.5) is 5.82 Å². The van der Waals surface area contributed by atoms with Gasteiger partial charge >= 0.3 is 0 Å². The second kappa shape index (κ2) is 5.01. The van der Waals surface area contributed by atoms with E-state index in [2.05, 4.69) is 26.5 Å². The number of hydrogen-bond donors (Lipinski definition) is 1. The van der Waals surface area contributed by atoms with E-state index in [1.54, 1.807) is 0 Å². The van der Waals surface area contributed by atoms with Crippen LogP contribution in [0.1, 0.15) is 37.4 Å². The van der Waals surface area contributed by atoms with Gasteiger partial charge in [-0.15, -0.1) is 15.3 Å². The summed E-state index contributed by atoms with van der Waals surface area (Å²) < 4.78 is 1.96. The molecule has 0 atom stereocenters. The van der Waals surface area contributed by atoms with Gasteiger partial charge in [0, 0.05) is 25.6 Å². The monoisotopic (exact) mass is 272 g/mol. The topological polar surface area (TPSA) is 58.4 Å². The highest BCUT2D eigenvalue weighted by Gasteiger charge is 2.25. The van der Waals surface area contributed by atoms with E-state index in [0.717, 1.165) is 49.9 Å². The van der Waals surface area contributed by atoms with Crippen molar-refractivity contribution in [3.63, 3.8) is 0 Å². The largest absolute Gasteiger partial charge is 0.354 e. The molecule has 1 saturated carbocycles. The van der Waals surface area contributed by atoms with Gasteiger partial charge in [-0.05, 0) is 37.9 Å². The molecule has 6 heteroatoms. The van der Waals surface area contributed by atoms with Crippen LogP contribution in [0.3, 0.4) is 0 Å². The highest BCUT2D eigenvalue weighted by molar-refractivity contribution is 5.46. The molecule has 2 aromatic heterocycles. The summed E-state index contributed by atoms with van der Waals surface area (Å²) in [5.41, 5.74) is 0.864. The van der Waals surface area contributed by atoms with Gasteiger partial charge in [0.15, 0.2) is 11.5 Å². The fourth-order valence-corrected chi connectivity index (χ4v) is 2.96. The minimum absolute atomic E-state index is 0.554. The first-order valence-electron chi connectivity index (χ1n) is 7.60. The number of nitrogens with one attached hydrogen (secondary N) is 1. The number of hydrogen-bond acceptors (Lipinski definition) is 5. The molecule has 2 aliphatic rings. The molecule has 106 valence electrons. The first kappa shape index (κ1) is 12.1. The van der Waals surface area contributed by atoms with Crippen molar-refractivity contribution in [2.75, 3.05) is 31.1 Å². The summed E-state index contributed by atoms with van der Waals surface area (Å²) in [5, 5.41) is 16.8. The summed E-state index contributed by atoms with van der Waals surface area (Å²) in [5.74, 6) is 2.64. The van der Waals surface area contributed by atoms with Crippen LogP contribution >= 0.6 is 0 Å². The van der Waals surface area contributed by atoms with Gasteiger partial charge in [-0.1, -0.05) is 6.42 Å². The van der Waals surface area contributed by atoms with Crippen molar-refractivity contribution in [2.45, 2.75) is 31.6 Å². The molecular weight excluding hydrogens is 252 g/mol. The number of anilines is 1. The second-order valence-electron chi connectivity index (χ2n) is 5.74. The van der Waals surface area contributed by atoms with Crippen molar-refractivity contribution < 1.29 is 0 Å². The molecule has 4 rings (SSSR count). The Morgan fingerprint density at radius 3 is 2.85 bits per heavy atom. The third-order valence-electron chi connectivity index (χ3n) is 4.41. The van der Waals surface area contributed by atoms with Gasteiger partial charge in [0.2, 0.25) is 0 Å². The summed E-state index contributed by atoms with van der Waals surface area (Å²) in [6.07, 6.45) is 4.91. The van der Waals surface area contributed by atoms with E-state index in [1.807, 2.05) is 10.6 Å². The molecule has 6 nitrogen and oxygen atoms in total. The fraction of sp³-hybridized carbons (Fsp3) is 0.643. The Bertz CT molecular complexity index is 595. The molecule has 20 heavy (non-hydrogen) atoms. The van der Waals surface area contributed by atoms with Crippen LogP contribution in [0, 0.1) is 0 Å². The Morgan fingerprint density at radius 2 is 2.00 bits per heavy atom. The van der Waals surface area contributed by atoms with E-state index in [9.17, 15) is 0 Å². The van der Waals surface area contributed by atoms with Gasteiger partial charge in [0.05, 0.1) is 0 Å². The van der Waals surface area contributed by atoms with Crippen LogP contribution in [0.25, 0.3) is 5.65 Å². The first-order valence-corrected chi connectivity index (χ1v) is 7.60. The van der Waals surface area contributed by atoms with E-state index >= 15 is 0 Å². The molecular formula is C14H20N6. The highest BCUT2D eigenvalue weighted by Crippen LogP contribution is 2.35. The quantitative estimate of drug-likeness (QED) is 0.890. The van der Waals surface area contributed by atoms with Gasteiger partial charge in [-0.3, -0.25) is 0 Å². The van der Waals surface area contributed by atoms with Crippen LogP contribution < -0.4 is 10.2 Å². The molecule has 0 aromatic carbocycles. The van der Waals surface area contributed by atoms with Crippen LogP contribution in [0.15, 0.2) is 12.1 Å². The molecule has 0 bridgehead atoms. The van der Waals surface area contributed by atoms with Crippen molar-refractivity contribution in [3.05, 3.63) is 18.0 Å². The van der Waals surface area contributed by atoms with Gasteiger partial charge in [-0.25, -0.2) is 0 Å². The summed E-state index contributed by atoms with van der Waals surface area (Å²) in [6.45, 7) is 4.20. The van der Waals surface area contributed by atoms with Gasteiger partial charge in [0.1, 0.15) is 5.82 Å².